The Morgan fingerprint density at radius 2 is 2.21 bits per heavy atom. The molecule has 2 heterocycles. The first-order valence-corrected chi connectivity index (χ1v) is 4.54. The Morgan fingerprint density at radius 1 is 1.29 bits per heavy atom. The molecule has 4 heteroatoms. The molecule has 0 aliphatic carbocycles. The molecule has 0 aliphatic heterocycles. The molecule has 0 atom stereocenters. The number of aryl methyl sites for hydroxylation is 2. The van der Waals surface area contributed by atoms with Gasteiger partial charge < -0.3 is 14.6 Å². The topological polar surface area (TPSA) is 65.2 Å². The van der Waals surface area contributed by atoms with Crippen LogP contribution in [0.3, 0.4) is 0 Å². The van der Waals surface area contributed by atoms with Crippen molar-refractivity contribution in [3.05, 3.63) is 42.0 Å². The second-order valence-corrected chi connectivity index (χ2v) is 3.01. The van der Waals surface area contributed by atoms with Crippen LogP contribution in [-0.2, 0) is 19.4 Å². The van der Waals surface area contributed by atoms with Gasteiger partial charge in [-0.15, -0.1) is 0 Å². The molecule has 4 nitrogen and oxygen atoms in total. The van der Waals surface area contributed by atoms with Crippen LogP contribution in [0, 0.1) is 0 Å². The highest BCUT2D eigenvalue weighted by atomic mass is 16.3. The quantitative estimate of drug-likeness (QED) is 0.797. The molecule has 0 fully saturated rings. The van der Waals surface area contributed by atoms with Crippen LogP contribution in [-0.4, -0.2) is 4.98 Å². The van der Waals surface area contributed by atoms with E-state index in [1.54, 1.807) is 6.26 Å². The maximum atomic E-state index is 5.50. The number of oxazole rings is 1. The summed E-state index contributed by atoms with van der Waals surface area (Å²) in [5.41, 5.74) is 6.33. The Bertz CT molecular complexity index is 378. The van der Waals surface area contributed by atoms with Gasteiger partial charge in [0.1, 0.15) is 11.5 Å². The minimum absolute atomic E-state index is 0.421. The average Bonchev–Trinajstić information content (AvgIpc) is 2.85. The molecule has 0 unspecified atom stereocenters. The number of nitrogens with two attached hydrogens (primary N) is 1. The molecule has 2 aromatic heterocycles. The largest absolute Gasteiger partial charge is 0.469 e. The van der Waals surface area contributed by atoms with Gasteiger partial charge in [0.15, 0.2) is 6.39 Å². The van der Waals surface area contributed by atoms with Gasteiger partial charge in [-0.2, -0.15) is 0 Å². The van der Waals surface area contributed by atoms with Crippen LogP contribution in [0.1, 0.15) is 17.2 Å². The van der Waals surface area contributed by atoms with Crippen molar-refractivity contribution >= 4 is 0 Å². The highest BCUT2D eigenvalue weighted by molar-refractivity contribution is 5.09. The maximum absolute atomic E-state index is 5.50. The Kier molecular flexibility index (Phi) is 2.65. The number of aromatic nitrogens is 1. The third-order valence-corrected chi connectivity index (χ3v) is 2.10. The summed E-state index contributed by atoms with van der Waals surface area (Å²) in [5.74, 6) is 1.80. The molecule has 0 aliphatic rings. The van der Waals surface area contributed by atoms with Crippen molar-refractivity contribution in [1.82, 2.24) is 4.98 Å². The van der Waals surface area contributed by atoms with E-state index in [2.05, 4.69) is 4.98 Å². The SMILES string of the molecule is NCc1ncoc1CCc1ccco1. The highest BCUT2D eigenvalue weighted by Crippen LogP contribution is 2.11. The lowest BCUT2D eigenvalue weighted by Gasteiger charge is -1.96. The van der Waals surface area contributed by atoms with E-state index in [1.165, 1.54) is 6.39 Å². The number of hydrogen-bond acceptors (Lipinski definition) is 4. The smallest absolute Gasteiger partial charge is 0.181 e. The first kappa shape index (κ1) is 9.02. The Balaban J connectivity index is 1.98. The Morgan fingerprint density at radius 3 is 2.93 bits per heavy atom. The predicted octanol–water partition coefficient (Wildman–Crippen LogP) is 1.51. The van der Waals surface area contributed by atoms with E-state index in [-0.39, 0.29) is 0 Å². The summed E-state index contributed by atoms with van der Waals surface area (Å²) in [5, 5.41) is 0. The molecule has 0 spiro atoms. The van der Waals surface area contributed by atoms with Crippen LogP contribution in [0.4, 0.5) is 0 Å². The second-order valence-electron chi connectivity index (χ2n) is 3.01. The number of furan rings is 1. The Labute approximate surface area is 81.7 Å². The minimum atomic E-state index is 0.421. The van der Waals surface area contributed by atoms with Crippen molar-refractivity contribution in [3.8, 4) is 0 Å². The zero-order valence-electron chi connectivity index (χ0n) is 7.77. The monoisotopic (exact) mass is 192 g/mol. The van der Waals surface area contributed by atoms with E-state index in [4.69, 9.17) is 14.6 Å². The fourth-order valence-electron chi connectivity index (χ4n) is 1.35. The van der Waals surface area contributed by atoms with E-state index in [1.807, 2.05) is 12.1 Å². The van der Waals surface area contributed by atoms with Gasteiger partial charge in [-0.3, -0.25) is 0 Å². The standard InChI is InChI=1S/C10H12N2O2/c11-6-9-10(14-7-12-9)4-3-8-2-1-5-13-8/h1-2,5,7H,3-4,6,11H2. The molecule has 0 aromatic carbocycles. The molecule has 0 saturated heterocycles. The van der Waals surface area contributed by atoms with Crippen molar-refractivity contribution in [2.24, 2.45) is 5.73 Å². The van der Waals surface area contributed by atoms with Gasteiger partial charge in [-0.05, 0) is 12.1 Å². The first-order valence-electron chi connectivity index (χ1n) is 4.54. The summed E-state index contributed by atoms with van der Waals surface area (Å²) in [4.78, 5) is 4.01. The van der Waals surface area contributed by atoms with Crippen LogP contribution in [0.15, 0.2) is 33.6 Å². The molecule has 2 N–H and O–H groups in total. The van der Waals surface area contributed by atoms with Crippen LogP contribution in [0.5, 0.6) is 0 Å². The van der Waals surface area contributed by atoms with Crippen LogP contribution in [0.25, 0.3) is 0 Å². The minimum Gasteiger partial charge on any atom is -0.469 e. The molecule has 0 amide bonds. The highest BCUT2D eigenvalue weighted by Gasteiger charge is 2.07. The molecule has 2 rings (SSSR count). The van der Waals surface area contributed by atoms with Crippen LogP contribution < -0.4 is 5.73 Å². The lowest BCUT2D eigenvalue weighted by Crippen LogP contribution is -2.01. The Hall–Kier alpha value is -1.55. The van der Waals surface area contributed by atoms with Crippen molar-refractivity contribution < 1.29 is 8.83 Å². The van der Waals surface area contributed by atoms with Gasteiger partial charge in [-0.25, -0.2) is 4.98 Å². The first-order chi connectivity index (χ1) is 6.90. The molecular weight excluding hydrogens is 180 g/mol. The van der Waals surface area contributed by atoms with Gasteiger partial charge in [0.25, 0.3) is 0 Å². The summed E-state index contributed by atoms with van der Waals surface area (Å²) in [6, 6.07) is 3.82. The van der Waals surface area contributed by atoms with Crippen LogP contribution >= 0.6 is 0 Å². The summed E-state index contributed by atoms with van der Waals surface area (Å²) in [6.07, 6.45) is 4.69. The van der Waals surface area contributed by atoms with E-state index in [0.29, 0.717) is 6.54 Å². The molecule has 0 bridgehead atoms. The third-order valence-electron chi connectivity index (χ3n) is 2.10. The van der Waals surface area contributed by atoms with Crippen molar-refractivity contribution in [2.75, 3.05) is 0 Å². The van der Waals surface area contributed by atoms with Crippen LogP contribution in [0.2, 0.25) is 0 Å². The van der Waals surface area contributed by atoms with Gasteiger partial charge in [-0.1, -0.05) is 0 Å². The lowest BCUT2D eigenvalue weighted by molar-refractivity contribution is 0.470. The fourth-order valence-corrected chi connectivity index (χ4v) is 1.35. The van der Waals surface area contributed by atoms with E-state index in [0.717, 1.165) is 30.1 Å². The lowest BCUT2D eigenvalue weighted by atomic mass is 10.2. The molecule has 0 saturated carbocycles. The molecule has 0 radical (unpaired) electrons. The number of nitrogens with zero attached hydrogens (tertiary/aromatic N) is 1. The van der Waals surface area contributed by atoms with E-state index < -0.39 is 0 Å². The zero-order chi connectivity index (χ0) is 9.80. The van der Waals surface area contributed by atoms with Crippen molar-refractivity contribution in [2.45, 2.75) is 19.4 Å². The van der Waals surface area contributed by atoms with Crippen molar-refractivity contribution in [1.29, 1.82) is 0 Å². The van der Waals surface area contributed by atoms with Gasteiger partial charge >= 0.3 is 0 Å². The summed E-state index contributed by atoms with van der Waals surface area (Å²) >= 11 is 0. The number of rotatable bonds is 4. The zero-order valence-corrected chi connectivity index (χ0v) is 7.77. The van der Waals surface area contributed by atoms with Gasteiger partial charge in [0.2, 0.25) is 0 Å². The second kappa shape index (κ2) is 4.11. The average molecular weight is 192 g/mol. The van der Waals surface area contributed by atoms with Crippen molar-refractivity contribution in [3.63, 3.8) is 0 Å². The van der Waals surface area contributed by atoms with Gasteiger partial charge in [0, 0.05) is 19.4 Å². The molecule has 74 valence electrons. The van der Waals surface area contributed by atoms with E-state index in [9.17, 15) is 0 Å². The van der Waals surface area contributed by atoms with Gasteiger partial charge in [0.05, 0.1) is 12.0 Å². The third kappa shape index (κ3) is 1.85. The predicted molar refractivity (Wildman–Crippen MR) is 50.5 cm³/mol. The maximum Gasteiger partial charge on any atom is 0.181 e. The normalized spacial score (nSPS) is 10.6. The summed E-state index contributed by atoms with van der Waals surface area (Å²) < 4.78 is 10.4. The van der Waals surface area contributed by atoms with E-state index >= 15 is 0 Å². The summed E-state index contributed by atoms with van der Waals surface area (Å²) in [6.45, 7) is 0.421. The summed E-state index contributed by atoms with van der Waals surface area (Å²) in [7, 11) is 0. The fraction of sp³-hybridized carbons (Fsp3) is 0.300. The molecule has 2 aromatic rings. The molecular formula is C10H12N2O2. The molecule has 14 heavy (non-hydrogen) atoms. The number of hydrogen-bond donors (Lipinski definition) is 1.